The first-order chi connectivity index (χ1) is 10.1. The van der Waals surface area contributed by atoms with Gasteiger partial charge in [-0.2, -0.15) is 5.10 Å². The third-order valence-electron chi connectivity index (χ3n) is 3.30. The molecule has 2 aromatic heterocycles. The van der Waals surface area contributed by atoms with E-state index in [1.54, 1.807) is 30.4 Å². The van der Waals surface area contributed by atoms with Crippen LogP contribution in [0.4, 0.5) is 0 Å². The Morgan fingerprint density at radius 3 is 2.90 bits per heavy atom. The van der Waals surface area contributed by atoms with Crippen molar-refractivity contribution in [2.45, 2.75) is 6.54 Å². The highest BCUT2D eigenvalue weighted by atomic mass is 16.2. The predicted octanol–water partition coefficient (Wildman–Crippen LogP) is 1.52. The van der Waals surface area contributed by atoms with Gasteiger partial charge in [0.15, 0.2) is 0 Å². The van der Waals surface area contributed by atoms with Gasteiger partial charge in [0.2, 0.25) is 5.56 Å². The quantitative estimate of drug-likeness (QED) is 0.764. The molecule has 3 rings (SSSR count). The summed E-state index contributed by atoms with van der Waals surface area (Å²) in [5.41, 5.74) is 1.68. The van der Waals surface area contributed by atoms with Crippen LogP contribution in [0.25, 0.3) is 10.9 Å². The summed E-state index contributed by atoms with van der Waals surface area (Å²) in [6.07, 6.45) is 3.40. The minimum absolute atomic E-state index is 0.196. The van der Waals surface area contributed by atoms with Gasteiger partial charge in [-0.1, -0.05) is 18.2 Å². The lowest BCUT2D eigenvalue weighted by Crippen LogP contribution is -2.27. The van der Waals surface area contributed by atoms with Crippen molar-refractivity contribution in [1.29, 1.82) is 0 Å². The van der Waals surface area contributed by atoms with Crippen LogP contribution in [-0.2, 0) is 6.54 Å². The van der Waals surface area contributed by atoms with Gasteiger partial charge in [-0.25, -0.2) is 0 Å². The smallest absolute Gasteiger partial charge is 0.254 e. The van der Waals surface area contributed by atoms with Gasteiger partial charge in [0.25, 0.3) is 5.91 Å². The molecule has 0 saturated heterocycles. The summed E-state index contributed by atoms with van der Waals surface area (Å²) in [4.78, 5) is 28.6. The lowest BCUT2D eigenvalue weighted by atomic mass is 10.1. The fourth-order valence-electron chi connectivity index (χ4n) is 2.30. The van der Waals surface area contributed by atoms with Crippen LogP contribution in [0.3, 0.4) is 0 Å². The molecule has 0 fully saturated rings. The Hall–Kier alpha value is -2.89. The van der Waals surface area contributed by atoms with E-state index in [4.69, 9.17) is 0 Å². The standard InChI is InChI=1S/C15H14N4O2/c1-19(9-10-7-16-17-8-10)15(21)12-6-14(20)18-13-5-3-2-4-11(12)13/h2-8H,9H2,1H3,(H,16,17)(H,18,20). The summed E-state index contributed by atoms with van der Waals surface area (Å²) in [6.45, 7) is 0.427. The SMILES string of the molecule is CN(Cc1cn[nH]c1)C(=O)c1cc(=O)[nH]c2ccccc12. The fourth-order valence-corrected chi connectivity index (χ4v) is 2.30. The Morgan fingerprint density at radius 1 is 1.33 bits per heavy atom. The van der Waals surface area contributed by atoms with E-state index in [-0.39, 0.29) is 11.5 Å². The molecule has 0 atom stereocenters. The Kier molecular flexibility index (Phi) is 3.27. The number of benzene rings is 1. The lowest BCUT2D eigenvalue weighted by molar-refractivity contribution is 0.0787. The number of carbonyl (C=O) groups excluding carboxylic acids is 1. The number of aromatic amines is 2. The number of aromatic nitrogens is 3. The zero-order valence-electron chi connectivity index (χ0n) is 11.5. The van der Waals surface area contributed by atoms with Crippen molar-refractivity contribution in [3.05, 3.63) is 64.2 Å². The molecule has 0 bridgehead atoms. The van der Waals surface area contributed by atoms with E-state index in [9.17, 15) is 9.59 Å². The van der Waals surface area contributed by atoms with E-state index in [0.29, 0.717) is 17.6 Å². The van der Waals surface area contributed by atoms with Gasteiger partial charge in [0.1, 0.15) is 0 Å². The Morgan fingerprint density at radius 2 is 2.14 bits per heavy atom. The van der Waals surface area contributed by atoms with Gasteiger partial charge in [0.05, 0.1) is 11.8 Å². The maximum Gasteiger partial charge on any atom is 0.254 e. The summed E-state index contributed by atoms with van der Waals surface area (Å²) in [5, 5.41) is 7.30. The molecule has 0 aliphatic heterocycles. The molecule has 1 amide bonds. The third-order valence-corrected chi connectivity index (χ3v) is 3.30. The Bertz CT molecular complexity index is 836. The lowest BCUT2D eigenvalue weighted by Gasteiger charge is -2.17. The van der Waals surface area contributed by atoms with Crippen LogP contribution >= 0.6 is 0 Å². The van der Waals surface area contributed by atoms with Crippen molar-refractivity contribution in [1.82, 2.24) is 20.1 Å². The number of pyridine rings is 1. The normalized spacial score (nSPS) is 10.7. The second-order valence-electron chi connectivity index (χ2n) is 4.86. The first-order valence-electron chi connectivity index (χ1n) is 6.50. The molecule has 1 aromatic carbocycles. The van der Waals surface area contributed by atoms with Gasteiger partial charge >= 0.3 is 0 Å². The van der Waals surface area contributed by atoms with Crippen molar-refractivity contribution in [3.63, 3.8) is 0 Å². The number of nitrogens with one attached hydrogen (secondary N) is 2. The van der Waals surface area contributed by atoms with E-state index in [1.165, 1.54) is 6.07 Å². The summed E-state index contributed by atoms with van der Waals surface area (Å²) in [6, 6.07) is 8.61. The van der Waals surface area contributed by atoms with E-state index in [2.05, 4.69) is 15.2 Å². The topological polar surface area (TPSA) is 81.8 Å². The molecule has 106 valence electrons. The highest BCUT2D eigenvalue weighted by Gasteiger charge is 2.16. The molecular formula is C15H14N4O2. The zero-order valence-corrected chi connectivity index (χ0v) is 11.5. The third kappa shape index (κ3) is 2.55. The molecule has 21 heavy (non-hydrogen) atoms. The molecule has 0 spiro atoms. The molecular weight excluding hydrogens is 268 g/mol. The van der Waals surface area contributed by atoms with Crippen molar-refractivity contribution >= 4 is 16.8 Å². The number of hydrogen-bond donors (Lipinski definition) is 2. The highest BCUT2D eigenvalue weighted by Crippen LogP contribution is 2.16. The number of amides is 1. The molecule has 0 unspecified atom stereocenters. The number of rotatable bonds is 3. The number of para-hydroxylation sites is 1. The molecule has 6 heteroatoms. The van der Waals surface area contributed by atoms with Crippen LogP contribution in [-0.4, -0.2) is 33.0 Å². The molecule has 6 nitrogen and oxygen atoms in total. The molecule has 2 heterocycles. The first kappa shape index (κ1) is 13.1. The second-order valence-corrected chi connectivity index (χ2v) is 4.86. The maximum absolute atomic E-state index is 12.6. The first-order valence-corrected chi connectivity index (χ1v) is 6.50. The summed E-state index contributed by atoms with van der Waals surface area (Å²) in [5.74, 6) is -0.196. The molecule has 0 saturated carbocycles. The number of nitrogens with zero attached hydrogens (tertiary/aromatic N) is 2. The van der Waals surface area contributed by atoms with E-state index < -0.39 is 0 Å². The molecule has 0 radical (unpaired) electrons. The summed E-state index contributed by atoms with van der Waals surface area (Å²) >= 11 is 0. The predicted molar refractivity (Wildman–Crippen MR) is 79.0 cm³/mol. The van der Waals surface area contributed by atoms with Crippen LogP contribution in [0.1, 0.15) is 15.9 Å². The number of H-pyrrole nitrogens is 2. The fraction of sp³-hybridized carbons (Fsp3) is 0.133. The van der Waals surface area contributed by atoms with E-state index in [1.807, 2.05) is 18.2 Å². The number of fused-ring (bicyclic) bond motifs is 1. The molecule has 0 aliphatic carbocycles. The molecule has 2 N–H and O–H groups in total. The van der Waals surface area contributed by atoms with Crippen LogP contribution in [0.5, 0.6) is 0 Å². The van der Waals surface area contributed by atoms with Gasteiger partial charge in [-0.15, -0.1) is 0 Å². The largest absolute Gasteiger partial charge is 0.337 e. The highest BCUT2D eigenvalue weighted by molar-refractivity contribution is 6.05. The van der Waals surface area contributed by atoms with Crippen molar-refractivity contribution in [3.8, 4) is 0 Å². The van der Waals surface area contributed by atoms with Gasteiger partial charge in [-0.3, -0.25) is 14.7 Å². The van der Waals surface area contributed by atoms with Crippen LogP contribution in [0, 0.1) is 0 Å². The molecule has 0 aliphatic rings. The molecule has 3 aromatic rings. The van der Waals surface area contributed by atoms with Crippen LogP contribution < -0.4 is 5.56 Å². The van der Waals surface area contributed by atoms with Crippen molar-refractivity contribution in [2.75, 3.05) is 7.05 Å². The van der Waals surface area contributed by atoms with Gasteiger partial charge in [-0.05, 0) is 6.07 Å². The monoisotopic (exact) mass is 282 g/mol. The average Bonchev–Trinajstić information content (AvgIpc) is 2.98. The van der Waals surface area contributed by atoms with Gasteiger partial charge in [0, 0.05) is 42.3 Å². The minimum atomic E-state index is -0.284. The van der Waals surface area contributed by atoms with Gasteiger partial charge < -0.3 is 9.88 Å². The average molecular weight is 282 g/mol. The van der Waals surface area contributed by atoms with E-state index >= 15 is 0 Å². The zero-order chi connectivity index (χ0) is 14.8. The van der Waals surface area contributed by atoms with Crippen molar-refractivity contribution < 1.29 is 4.79 Å². The van der Waals surface area contributed by atoms with Crippen LogP contribution in [0.15, 0.2) is 47.5 Å². The van der Waals surface area contributed by atoms with Crippen LogP contribution in [0.2, 0.25) is 0 Å². The van der Waals surface area contributed by atoms with Crippen molar-refractivity contribution in [2.24, 2.45) is 0 Å². The Labute approximate surface area is 120 Å². The summed E-state index contributed by atoms with van der Waals surface area (Å²) < 4.78 is 0. The maximum atomic E-state index is 12.6. The van der Waals surface area contributed by atoms with E-state index in [0.717, 1.165) is 10.9 Å². The number of hydrogen-bond acceptors (Lipinski definition) is 3. The minimum Gasteiger partial charge on any atom is -0.337 e. The number of carbonyl (C=O) groups is 1. The summed E-state index contributed by atoms with van der Waals surface area (Å²) in [7, 11) is 1.70. The second kappa shape index (κ2) is 5.24. The Balaban J connectivity index is 1.99.